The molecule has 1 heterocycles. The summed E-state index contributed by atoms with van der Waals surface area (Å²) in [4.78, 5) is 0. The third-order valence-corrected chi connectivity index (χ3v) is 3.52. The van der Waals surface area contributed by atoms with Crippen LogP contribution >= 0.6 is 0 Å². The van der Waals surface area contributed by atoms with Gasteiger partial charge in [0.25, 0.3) is 0 Å². The van der Waals surface area contributed by atoms with Crippen LogP contribution in [-0.2, 0) is 5.41 Å². The molecule has 0 unspecified atom stereocenters. The highest BCUT2D eigenvalue weighted by Crippen LogP contribution is 2.38. The monoisotopic (exact) mass is 288 g/mol. The van der Waals surface area contributed by atoms with Crippen LogP contribution in [0.15, 0.2) is 24.3 Å². The molecule has 21 heavy (non-hydrogen) atoms. The molecule has 2 rings (SSSR count). The molecule has 0 aliphatic heterocycles. The van der Waals surface area contributed by atoms with Gasteiger partial charge in [0, 0.05) is 5.56 Å². The van der Waals surface area contributed by atoms with Crippen molar-refractivity contribution in [3.8, 4) is 17.3 Å². The minimum Gasteiger partial charge on any atom is -0.497 e. The maximum absolute atomic E-state index is 10.3. The van der Waals surface area contributed by atoms with E-state index in [0.29, 0.717) is 0 Å². The van der Waals surface area contributed by atoms with Crippen molar-refractivity contribution in [3.63, 3.8) is 0 Å². The van der Waals surface area contributed by atoms with Crippen LogP contribution in [0.1, 0.15) is 51.8 Å². The first kappa shape index (κ1) is 15.4. The van der Waals surface area contributed by atoms with Crippen LogP contribution in [0.3, 0.4) is 0 Å². The van der Waals surface area contributed by atoms with Gasteiger partial charge in [0.1, 0.15) is 5.75 Å². The van der Waals surface area contributed by atoms with E-state index in [-0.39, 0.29) is 17.2 Å². The van der Waals surface area contributed by atoms with Crippen LogP contribution in [-0.4, -0.2) is 22.0 Å². The summed E-state index contributed by atoms with van der Waals surface area (Å²) >= 11 is 0. The Morgan fingerprint density at radius 1 is 1.14 bits per heavy atom. The number of methoxy groups -OCH3 is 1. The number of rotatable bonds is 3. The summed E-state index contributed by atoms with van der Waals surface area (Å²) in [7, 11) is 1.64. The lowest BCUT2D eigenvalue weighted by atomic mass is 9.84. The molecule has 114 valence electrons. The molecule has 1 N–H and O–H groups in total. The molecule has 0 radical (unpaired) electrons. The molecule has 2 aromatic rings. The number of hydrogen-bond acceptors (Lipinski definition) is 3. The van der Waals surface area contributed by atoms with E-state index < -0.39 is 0 Å². The standard InChI is InChI=1S/C17H24N2O2/c1-11(2)15-14(17(3,4)5)16(20)18-19(15)12-7-9-13(21-6)10-8-12/h7-11H,1-6H3,(H,18,20). The molecule has 0 saturated heterocycles. The number of benzene rings is 1. The molecule has 0 fully saturated rings. The van der Waals surface area contributed by atoms with Gasteiger partial charge < -0.3 is 9.84 Å². The van der Waals surface area contributed by atoms with Gasteiger partial charge >= 0.3 is 0 Å². The van der Waals surface area contributed by atoms with Crippen LogP contribution in [0.4, 0.5) is 0 Å². The number of ether oxygens (including phenoxy) is 1. The van der Waals surface area contributed by atoms with E-state index in [4.69, 9.17) is 4.74 Å². The van der Waals surface area contributed by atoms with Gasteiger partial charge in [-0.2, -0.15) is 0 Å². The lowest BCUT2D eigenvalue weighted by molar-refractivity contribution is 0.414. The van der Waals surface area contributed by atoms with Crippen molar-refractivity contribution in [1.29, 1.82) is 0 Å². The van der Waals surface area contributed by atoms with Crippen LogP contribution < -0.4 is 4.74 Å². The summed E-state index contributed by atoms with van der Waals surface area (Å²) in [5.41, 5.74) is 2.72. The van der Waals surface area contributed by atoms with Crippen LogP contribution in [0.2, 0.25) is 0 Å². The quantitative estimate of drug-likeness (QED) is 0.928. The van der Waals surface area contributed by atoms with Gasteiger partial charge in [-0.15, -0.1) is 5.10 Å². The van der Waals surface area contributed by atoms with Gasteiger partial charge in [-0.3, -0.25) is 0 Å². The zero-order valence-corrected chi connectivity index (χ0v) is 13.6. The highest BCUT2D eigenvalue weighted by Gasteiger charge is 2.29. The number of hydrogen-bond donors (Lipinski definition) is 1. The maximum atomic E-state index is 10.3. The highest BCUT2D eigenvalue weighted by molar-refractivity contribution is 5.45. The van der Waals surface area contributed by atoms with Crippen LogP contribution in [0, 0.1) is 0 Å². The summed E-state index contributed by atoms with van der Waals surface area (Å²) in [5, 5.41) is 14.7. The third kappa shape index (κ3) is 2.89. The molecule has 1 aromatic heterocycles. The van der Waals surface area contributed by atoms with E-state index in [0.717, 1.165) is 22.7 Å². The average Bonchev–Trinajstić information content (AvgIpc) is 2.76. The van der Waals surface area contributed by atoms with Gasteiger partial charge in [-0.1, -0.05) is 34.6 Å². The normalized spacial score (nSPS) is 12.0. The minimum absolute atomic E-state index is 0.113. The minimum atomic E-state index is -0.158. The lowest BCUT2D eigenvalue weighted by Gasteiger charge is -2.21. The Morgan fingerprint density at radius 3 is 2.14 bits per heavy atom. The number of aromatic hydroxyl groups is 1. The molecule has 0 aliphatic carbocycles. The molecule has 0 spiro atoms. The molecular weight excluding hydrogens is 264 g/mol. The van der Waals surface area contributed by atoms with E-state index in [9.17, 15) is 5.11 Å². The van der Waals surface area contributed by atoms with E-state index in [1.165, 1.54) is 0 Å². The van der Waals surface area contributed by atoms with Gasteiger partial charge in [0.15, 0.2) is 0 Å². The maximum Gasteiger partial charge on any atom is 0.234 e. The second-order valence-corrected chi connectivity index (χ2v) is 6.60. The molecule has 0 atom stereocenters. The molecule has 0 aliphatic rings. The number of aromatic nitrogens is 2. The summed E-state index contributed by atoms with van der Waals surface area (Å²) in [5.74, 6) is 1.18. The fraction of sp³-hybridized carbons (Fsp3) is 0.471. The summed E-state index contributed by atoms with van der Waals surface area (Å²) in [6.07, 6.45) is 0. The van der Waals surface area contributed by atoms with Crippen molar-refractivity contribution in [2.45, 2.75) is 46.0 Å². The molecule has 0 bridgehead atoms. The van der Waals surface area contributed by atoms with Crippen molar-refractivity contribution >= 4 is 0 Å². The van der Waals surface area contributed by atoms with E-state index in [2.05, 4.69) is 39.7 Å². The van der Waals surface area contributed by atoms with E-state index in [1.54, 1.807) is 7.11 Å². The Hall–Kier alpha value is -1.97. The van der Waals surface area contributed by atoms with Gasteiger partial charge in [-0.05, 0) is 35.6 Å². The first-order valence-electron chi connectivity index (χ1n) is 7.22. The van der Waals surface area contributed by atoms with Gasteiger partial charge in [-0.25, -0.2) is 4.68 Å². The van der Waals surface area contributed by atoms with Crippen molar-refractivity contribution in [2.75, 3.05) is 7.11 Å². The number of nitrogens with zero attached hydrogens (tertiary/aromatic N) is 2. The molecule has 4 heteroatoms. The SMILES string of the molecule is COc1ccc(-n2nc(O)c(C(C)(C)C)c2C(C)C)cc1. The predicted octanol–water partition coefficient (Wildman–Crippen LogP) is 4.01. The fourth-order valence-electron chi connectivity index (χ4n) is 2.59. The zero-order chi connectivity index (χ0) is 15.8. The Kier molecular flexibility index (Phi) is 3.99. The fourth-order valence-corrected chi connectivity index (χ4v) is 2.59. The van der Waals surface area contributed by atoms with Crippen molar-refractivity contribution in [3.05, 3.63) is 35.5 Å². The van der Waals surface area contributed by atoms with Crippen molar-refractivity contribution < 1.29 is 9.84 Å². The zero-order valence-electron chi connectivity index (χ0n) is 13.6. The third-order valence-electron chi connectivity index (χ3n) is 3.52. The smallest absolute Gasteiger partial charge is 0.234 e. The van der Waals surface area contributed by atoms with Gasteiger partial charge in [0.05, 0.1) is 18.5 Å². The van der Waals surface area contributed by atoms with E-state index >= 15 is 0 Å². The molecule has 0 saturated carbocycles. The Labute approximate surface area is 126 Å². The largest absolute Gasteiger partial charge is 0.497 e. The van der Waals surface area contributed by atoms with Crippen LogP contribution in [0.25, 0.3) is 5.69 Å². The summed E-state index contributed by atoms with van der Waals surface area (Å²) in [6.45, 7) is 10.5. The molecule has 4 nitrogen and oxygen atoms in total. The first-order valence-corrected chi connectivity index (χ1v) is 7.22. The van der Waals surface area contributed by atoms with Crippen molar-refractivity contribution in [2.24, 2.45) is 0 Å². The second kappa shape index (κ2) is 5.43. The Morgan fingerprint density at radius 2 is 1.71 bits per heavy atom. The average molecular weight is 288 g/mol. The highest BCUT2D eigenvalue weighted by atomic mass is 16.5. The molecular formula is C17H24N2O2. The molecule has 1 aromatic carbocycles. The lowest BCUT2D eigenvalue weighted by Crippen LogP contribution is -2.15. The topological polar surface area (TPSA) is 47.3 Å². The second-order valence-electron chi connectivity index (χ2n) is 6.60. The predicted molar refractivity (Wildman–Crippen MR) is 84.6 cm³/mol. The van der Waals surface area contributed by atoms with Crippen LogP contribution in [0.5, 0.6) is 11.6 Å². The summed E-state index contributed by atoms with van der Waals surface area (Å²) < 4.78 is 7.02. The van der Waals surface area contributed by atoms with Gasteiger partial charge in [0.2, 0.25) is 5.88 Å². The van der Waals surface area contributed by atoms with E-state index in [1.807, 2.05) is 28.9 Å². The summed E-state index contributed by atoms with van der Waals surface area (Å²) in [6, 6.07) is 7.69. The Balaban J connectivity index is 2.63. The Bertz CT molecular complexity index is 619. The first-order chi connectivity index (χ1) is 9.75. The molecule has 0 amide bonds. The van der Waals surface area contributed by atoms with Crippen molar-refractivity contribution in [1.82, 2.24) is 9.78 Å².